The van der Waals surface area contributed by atoms with Crippen LogP contribution in [0.2, 0.25) is 0 Å². The molecule has 0 atom stereocenters. The van der Waals surface area contributed by atoms with Gasteiger partial charge in [0.15, 0.2) is 5.03 Å². The number of nitriles is 2. The summed E-state index contributed by atoms with van der Waals surface area (Å²) in [6, 6.07) is 6.30. The molecule has 0 spiro atoms. The van der Waals surface area contributed by atoms with E-state index in [1.54, 1.807) is 12.1 Å². The maximum Gasteiger partial charge on any atom is 0.264 e. The third-order valence-electron chi connectivity index (χ3n) is 2.01. The summed E-state index contributed by atoms with van der Waals surface area (Å²) in [4.78, 5) is 3.72. The quantitative estimate of drug-likeness (QED) is 0.412. The van der Waals surface area contributed by atoms with E-state index in [9.17, 15) is 8.42 Å². The van der Waals surface area contributed by atoms with Gasteiger partial charge in [0.05, 0.1) is 17.8 Å². The SMILES string of the molecule is N#CCN(CC#N)S(=O)(=O)c1ncccc1NN. The maximum absolute atomic E-state index is 12.2. The lowest BCUT2D eigenvalue weighted by Gasteiger charge is -2.16. The van der Waals surface area contributed by atoms with Crippen molar-refractivity contribution in [2.45, 2.75) is 5.03 Å². The van der Waals surface area contributed by atoms with Crippen molar-refractivity contribution < 1.29 is 8.42 Å². The van der Waals surface area contributed by atoms with Gasteiger partial charge in [-0.25, -0.2) is 13.4 Å². The van der Waals surface area contributed by atoms with Gasteiger partial charge in [-0.05, 0) is 12.1 Å². The van der Waals surface area contributed by atoms with Crippen LogP contribution in [0.25, 0.3) is 0 Å². The summed E-state index contributed by atoms with van der Waals surface area (Å²) in [7, 11) is -4.03. The number of hydrogen-bond acceptors (Lipinski definition) is 7. The van der Waals surface area contributed by atoms with Crippen molar-refractivity contribution >= 4 is 15.7 Å². The van der Waals surface area contributed by atoms with E-state index in [2.05, 4.69) is 10.4 Å². The van der Waals surface area contributed by atoms with Crippen LogP contribution < -0.4 is 11.3 Å². The van der Waals surface area contributed by atoms with Gasteiger partial charge in [0.2, 0.25) is 0 Å². The van der Waals surface area contributed by atoms with E-state index >= 15 is 0 Å². The van der Waals surface area contributed by atoms with Gasteiger partial charge >= 0.3 is 0 Å². The summed E-state index contributed by atoms with van der Waals surface area (Å²) in [5.41, 5.74) is 2.30. The topological polar surface area (TPSA) is 136 Å². The molecule has 0 radical (unpaired) electrons. The zero-order chi connectivity index (χ0) is 13.6. The van der Waals surface area contributed by atoms with Crippen molar-refractivity contribution in [2.24, 2.45) is 5.84 Å². The Kier molecular flexibility index (Phi) is 4.57. The van der Waals surface area contributed by atoms with E-state index in [0.717, 1.165) is 4.31 Å². The van der Waals surface area contributed by atoms with Crippen molar-refractivity contribution in [1.29, 1.82) is 10.5 Å². The van der Waals surface area contributed by atoms with Gasteiger partial charge < -0.3 is 5.43 Å². The maximum atomic E-state index is 12.2. The molecule has 0 aliphatic heterocycles. The number of nitrogens with two attached hydrogens (primary N) is 1. The van der Waals surface area contributed by atoms with Crippen LogP contribution in [0.4, 0.5) is 5.69 Å². The van der Waals surface area contributed by atoms with Gasteiger partial charge in [0.25, 0.3) is 10.0 Å². The van der Waals surface area contributed by atoms with E-state index in [1.807, 2.05) is 0 Å². The molecule has 3 N–H and O–H groups in total. The number of hydrazine groups is 1. The second-order valence-electron chi connectivity index (χ2n) is 3.09. The van der Waals surface area contributed by atoms with Gasteiger partial charge in [0, 0.05) is 6.20 Å². The molecular weight excluding hydrogens is 256 g/mol. The van der Waals surface area contributed by atoms with Crippen LogP contribution >= 0.6 is 0 Å². The first-order valence-corrected chi connectivity index (χ1v) is 6.17. The summed E-state index contributed by atoms with van der Waals surface area (Å²) in [5.74, 6) is 5.19. The van der Waals surface area contributed by atoms with E-state index < -0.39 is 23.1 Å². The summed E-state index contributed by atoms with van der Waals surface area (Å²) < 4.78 is 25.0. The number of sulfonamides is 1. The zero-order valence-electron chi connectivity index (χ0n) is 9.24. The molecular formula is C9H10N6O2S. The Balaban J connectivity index is 3.28. The second kappa shape index (κ2) is 5.93. The van der Waals surface area contributed by atoms with Gasteiger partial charge in [-0.2, -0.15) is 14.8 Å². The molecule has 0 aliphatic carbocycles. The first-order valence-electron chi connectivity index (χ1n) is 4.73. The average Bonchev–Trinajstić information content (AvgIpc) is 2.38. The average molecular weight is 266 g/mol. The number of aromatic nitrogens is 1. The number of hydrogen-bond donors (Lipinski definition) is 2. The molecule has 1 aromatic heterocycles. The molecule has 8 nitrogen and oxygen atoms in total. The molecule has 1 rings (SSSR count). The van der Waals surface area contributed by atoms with E-state index in [-0.39, 0.29) is 10.7 Å². The Morgan fingerprint density at radius 1 is 1.39 bits per heavy atom. The highest BCUT2D eigenvalue weighted by Crippen LogP contribution is 2.20. The minimum atomic E-state index is -4.03. The molecule has 0 unspecified atom stereocenters. The summed E-state index contributed by atoms with van der Waals surface area (Å²) >= 11 is 0. The lowest BCUT2D eigenvalue weighted by Crippen LogP contribution is -2.33. The van der Waals surface area contributed by atoms with Crippen LogP contribution in [0.1, 0.15) is 0 Å². The standard InChI is InChI=1S/C9H10N6O2S/c10-3-6-15(7-4-11)18(16,17)9-8(14-12)2-1-5-13-9/h1-2,5,14H,6-7,12H2. The minimum Gasteiger partial charge on any atom is -0.321 e. The molecule has 0 bridgehead atoms. The Bertz CT molecular complexity index is 584. The highest BCUT2D eigenvalue weighted by molar-refractivity contribution is 7.89. The molecule has 18 heavy (non-hydrogen) atoms. The number of nitrogen functional groups attached to an aromatic ring is 1. The number of nitrogens with zero attached hydrogens (tertiary/aromatic N) is 4. The summed E-state index contributed by atoms with van der Waals surface area (Å²) in [5, 5.41) is 16.8. The van der Waals surface area contributed by atoms with Crippen LogP contribution in [0, 0.1) is 22.7 Å². The smallest absolute Gasteiger partial charge is 0.264 e. The van der Waals surface area contributed by atoms with Crippen LogP contribution in [0.15, 0.2) is 23.4 Å². The van der Waals surface area contributed by atoms with E-state index in [0.29, 0.717) is 0 Å². The van der Waals surface area contributed by atoms with Crippen LogP contribution in [0.3, 0.4) is 0 Å². The third-order valence-corrected chi connectivity index (χ3v) is 3.76. The van der Waals surface area contributed by atoms with Gasteiger partial charge in [-0.3, -0.25) is 5.84 Å². The second-order valence-corrected chi connectivity index (χ2v) is 4.94. The van der Waals surface area contributed by atoms with E-state index in [1.165, 1.54) is 18.3 Å². The van der Waals surface area contributed by atoms with Gasteiger partial charge in [-0.15, -0.1) is 0 Å². The largest absolute Gasteiger partial charge is 0.321 e. The lowest BCUT2D eigenvalue weighted by atomic mass is 10.4. The van der Waals surface area contributed by atoms with Crippen molar-refractivity contribution in [1.82, 2.24) is 9.29 Å². The van der Waals surface area contributed by atoms with Gasteiger partial charge in [0.1, 0.15) is 13.1 Å². The fourth-order valence-corrected chi connectivity index (χ4v) is 2.51. The molecule has 0 fully saturated rings. The van der Waals surface area contributed by atoms with Crippen LogP contribution in [-0.2, 0) is 10.0 Å². The van der Waals surface area contributed by atoms with Crippen molar-refractivity contribution in [2.75, 3.05) is 18.5 Å². The van der Waals surface area contributed by atoms with Crippen molar-refractivity contribution in [3.05, 3.63) is 18.3 Å². The Morgan fingerprint density at radius 3 is 2.50 bits per heavy atom. The fourth-order valence-electron chi connectivity index (χ4n) is 1.21. The molecule has 94 valence electrons. The molecule has 9 heteroatoms. The van der Waals surface area contributed by atoms with Crippen molar-refractivity contribution in [3.63, 3.8) is 0 Å². The predicted molar refractivity (Wildman–Crippen MR) is 62.0 cm³/mol. The molecule has 0 amide bonds. The first kappa shape index (κ1) is 13.9. The summed E-state index contributed by atoms with van der Waals surface area (Å²) in [6.45, 7) is -0.868. The molecule has 0 saturated carbocycles. The van der Waals surface area contributed by atoms with Gasteiger partial charge in [-0.1, -0.05) is 0 Å². The Hall–Kier alpha value is -2.20. The highest BCUT2D eigenvalue weighted by atomic mass is 32.2. The molecule has 0 aliphatic rings. The number of pyridine rings is 1. The fraction of sp³-hybridized carbons (Fsp3) is 0.222. The zero-order valence-corrected chi connectivity index (χ0v) is 10.1. The molecule has 1 aromatic rings. The minimum absolute atomic E-state index is 0.0957. The van der Waals surface area contributed by atoms with Crippen molar-refractivity contribution in [3.8, 4) is 12.1 Å². The molecule has 0 aromatic carbocycles. The van der Waals surface area contributed by atoms with Crippen LogP contribution in [0.5, 0.6) is 0 Å². The third kappa shape index (κ3) is 2.73. The molecule has 0 saturated heterocycles. The number of anilines is 1. The van der Waals surface area contributed by atoms with Crippen LogP contribution in [-0.4, -0.2) is 30.8 Å². The number of rotatable bonds is 5. The highest BCUT2D eigenvalue weighted by Gasteiger charge is 2.28. The molecule has 1 heterocycles. The Labute approximate surface area is 104 Å². The summed E-state index contributed by atoms with van der Waals surface area (Å²) in [6.07, 6.45) is 1.28. The lowest BCUT2D eigenvalue weighted by molar-refractivity contribution is 0.477. The first-order chi connectivity index (χ1) is 8.57. The normalized spacial score (nSPS) is 10.7. The predicted octanol–water partition coefficient (Wildman–Crippen LogP) is -0.595. The Morgan fingerprint density at radius 2 is 2.00 bits per heavy atom. The monoisotopic (exact) mass is 266 g/mol. The van der Waals surface area contributed by atoms with E-state index in [4.69, 9.17) is 16.4 Å². The number of nitrogens with one attached hydrogen (secondary N) is 1.